The van der Waals surface area contributed by atoms with E-state index in [-0.39, 0.29) is 28.7 Å². The van der Waals surface area contributed by atoms with Gasteiger partial charge in [-0.3, -0.25) is 14.6 Å². The molecule has 4 rings (SSSR count). The Kier molecular flexibility index (Phi) is 5.43. The lowest BCUT2D eigenvalue weighted by Crippen LogP contribution is -2.22. The number of nitrogens with zero attached hydrogens (tertiary/aromatic N) is 2. The third kappa shape index (κ3) is 4.64. The molecule has 0 bridgehead atoms. The minimum Gasteiger partial charge on any atom is -0.467 e. The van der Waals surface area contributed by atoms with E-state index < -0.39 is 18.0 Å². The highest BCUT2D eigenvalue weighted by Gasteiger charge is 2.31. The molecule has 0 unspecified atom stereocenters. The fraction of sp³-hybridized carbons (Fsp3) is 0.136. The van der Waals surface area contributed by atoms with Crippen molar-refractivity contribution in [2.75, 3.05) is 5.32 Å². The van der Waals surface area contributed by atoms with Crippen LogP contribution < -0.4 is 15.6 Å². The number of carbonyl (C=O) groups is 1. The number of pyridine rings is 2. The summed E-state index contributed by atoms with van der Waals surface area (Å²) in [5.74, 6) is -0.360. The fourth-order valence-corrected chi connectivity index (χ4v) is 3.17. The molecule has 3 aromatic heterocycles. The maximum Gasteiger partial charge on any atom is 0.573 e. The molecule has 0 saturated heterocycles. The topological polar surface area (TPSA) is 86.4 Å². The largest absolute Gasteiger partial charge is 0.573 e. The molecule has 0 fully saturated rings. The van der Waals surface area contributed by atoms with E-state index in [1.165, 1.54) is 29.0 Å². The van der Waals surface area contributed by atoms with E-state index in [0.717, 1.165) is 12.1 Å². The number of alkyl halides is 3. The van der Waals surface area contributed by atoms with Gasteiger partial charge in [-0.2, -0.15) is 0 Å². The number of aromatic nitrogens is 2. The second-order valence-electron chi connectivity index (χ2n) is 6.91. The first-order chi connectivity index (χ1) is 15.2. The van der Waals surface area contributed by atoms with Gasteiger partial charge >= 0.3 is 6.36 Å². The molecule has 0 aliphatic heterocycles. The first kappa shape index (κ1) is 21.2. The molecule has 32 heavy (non-hydrogen) atoms. The van der Waals surface area contributed by atoms with Gasteiger partial charge in [0.05, 0.1) is 35.0 Å². The molecule has 0 aliphatic rings. The molecule has 4 aromatic rings. The van der Waals surface area contributed by atoms with Crippen LogP contribution >= 0.6 is 0 Å². The summed E-state index contributed by atoms with van der Waals surface area (Å²) in [6, 6.07) is 11.3. The number of rotatable bonds is 5. The van der Waals surface area contributed by atoms with Crippen molar-refractivity contribution in [3.05, 3.63) is 88.4 Å². The third-order valence-corrected chi connectivity index (χ3v) is 4.64. The van der Waals surface area contributed by atoms with Gasteiger partial charge in [0.25, 0.3) is 11.5 Å². The quantitative estimate of drug-likeness (QED) is 0.491. The number of furan rings is 1. The molecule has 0 spiro atoms. The van der Waals surface area contributed by atoms with Crippen LogP contribution in [0.3, 0.4) is 0 Å². The average Bonchev–Trinajstić information content (AvgIpc) is 3.23. The lowest BCUT2D eigenvalue weighted by Gasteiger charge is -2.11. The number of nitrogens with one attached hydrogen (secondary N) is 1. The number of fused-ring (bicyclic) bond motifs is 1. The van der Waals surface area contributed by atoms with E-state index in [1.54, 1.807) is 31.3 Å². The predicted octanol–water partition coefficient (Wildman–Crippen LogP) is 4.50. The summed E-state index contributed by atoms with van der Waals surface area (Å²) >= 11 is 0. The summed E-state index contributed by atoms with van der Waals surface area (Å²) < 4.78 is 47.4. The van der Waals surface area contributed by atoms with Crippen LogP contribution in [0, 0.1) is 6.92 Å². The summed E-state index contributed by atoms with van der Waals surface area (Å²) in [6.45, 7) is 1.85. The Labute approximate surface area is 179 Å². The maximum atomic E-state index is 12.9. The van der Waals surface area contributed by atoms with Crippen LogP contribution in [-0.4, -0.2) is 21.8 Å². The van der Waals surface area contributed by atoms with Gasteiger partial charge in [0.15, 0.2) is 0 Å². The number of amides is 1. The molecule has 0 atom stereocenters. The molecule has 3 heterocycles. The number of benzene rings is 1. The van der Waals surface area contributed by atoms with E-state index >= 15 is 0 Å². The van der Waals surface area contributed by atoms with E-state index in [4.69, 9.17) is 4.42 Å². The first-order valence-electron chi connectivity index (χ1n) is 9.40. The molecule has 1 amide bonds. The van der Waals surface area contributed by atoms with Crippen molar-refractivity contribution >= 4 is 22.5 Å². The summed E-state index contributed by atoms with van der Waals surface area (Å²) in [6.07, 6.45) is -1.69. The van der Waals surface area contributed by atoms with Crippen molar-refractivity contribution in [2.45, 2.75) is 19.8 Å². The van der Waals surface area contributed by atoms with Crippen molar-refractivity contribution in [1.82, 2.24) is 9.55 Å². The van der Waals surface area contributed by atoms with Gasteiger partial charge < -0.3 is 19.0 Å². The Hall–Kier alpha value is -4.08. The third-order valence-electron chi connectivity index (χ3n) is 4.64. The number of carbonyl (C=O) groups excluding carboxylic acids is 1. The van der Waals surface area contributed by atoms with Gasteiger partial charge in [-0.1, -0.05) is 0 Å². The molecule has 1 N–H and O–H groups in total. The Bertz CT molecular complexity index is 1330. The molecule has 0 saturated carbocycles. The molecular weight excluding hydrogens is 427 g/mol. The second kappa shape index (κ2) is 8.22. The zero-order chi connectivity index (χ0) is 22.9. The molecule has 0 radical (unpaired) electrons. The Balaban J connectivity index is 1.60. The summed E-state index contributed by atoms with van der Waals surface area (Å²) in [7, 11) is 0. The van der Waals surface area contributed by atoms with Gasteiger partial charge in [0.1, 0.15) is 11.5 Å². The van der Waals surface area contributed by atoms with Crippen LogP contribution in [0.4, 0.5) is 18.9 Å². The van der Waals surface area contributed by atoms with Crippen molar-refractivity contribution < 1.29 is 27.1 Å². The minimum absolute atomic E-state index is 0.168. The standard InChI is InChI=1S/C22H16F3N3O4/c1-13-17(20(29)27-14-4-6-15(7-5-14)32-22(23,24)25)11-18-19(26-13)8-9-28(21(18)30)12-16-3-2-10-31-16/h2-11H,12H2,1H3,(H,27,29). The molecule has 1 aromatic carbocycles. The van der Waals surface area contributed by atoms with Gasteiger partial charge in [0, 0.05) is 11.9 Å². The Morgan fingerprint density at radius 1 is 1.19 bits per heavy atom. The van der Waals surface area contributed by atoms with Crippen molar-refractivity contribution in [3.63, 3.8) is 0 Å². The number of hydrogen-bond acceptors (Lipinski definition) is 5. The Morgan fingerprint density at radius 2 is 1.94 bits per heavy atom. The smallest absolute Gasteiger partial charge is 0.467 e. The maximum absolute atomic E-state index is 12.9. The van der Waals surface area contributed by atoms with Gasteiger partial charge in [-0.15, -0.1) is 13.2 Å². The second-order valence-corrected chi connectivity index (χ2v) is 6.91. The minimum atomic E-state index is -4.80. The van der Waals surface area contributed by atoms with E-state index in [2.05, 4.69) is 15.0 Å². The van der Waals surface area contributed by atoms with Crippen LogP contribution in [0.5, 0.6) is 5.75 Å². The number of ether oxygens (including phenoxy) is 1. The normalized spacial score (nSPS) is 11.5. The molecule has 7 nitrogen and oxygen atoms in total. The van der Waals surface area contributed by atoms with Crippen LogP contribution in [0.2, 0.25) is 0 Å². The fourth-order valence-electron chi connectivity index (χ4n) is 3.17. The Morgan fingerprint density at radius 3 is 2.59 bits per heavy atom. The predicted molar refractivity (Wildman–Crippen MR) is 110 cm³/mol. The van der Waals surface area contributed by atoms with E-state index in [1.807, 2.05) is 0 Å². The molecule has 10 heteroatoms. The van der Waals surface area contributed by atoms with Gasteiger partial charge in [0.2, 0.25) is 0 Å². The first-order valence-corrected chi connectivity index (χ1v) is 9.40. The van der Waals surface area contributed by atoms with Crippen LogP contribution in [0.15, 0.2) is 70.2 Å². The van der Waals surface area contributed by atoms with Gasteiger partial charge in [-0.05, 0) is 55.5 Å². The highest BCUT2D eigenvalue weighted by atomic mass is 19.4. The lowest BCUT2D eigenvalue weighted by atomic mass is 10.1. The summed E-state index contributed by atoms with van der Waals surface area (Å²) in [4.78, 5) is 30.0. The van der Waals surface area contributed by atoms with Gasteiger partial charge in [-0.25, -0.2) is 0 Å². The highest BCUT2D eigenvalue weighted by molar-refractivity contribution is 6.06. The number of aryl methyl sites for hydroxylation is 1. The summed E-state index contributed by atoms with van der Waals surface area (Å²) in [5.41, 5.74) is 0.922. The van der Waals surface area contributed by atoms with Crippen LogP contribution in [-0.2, 0) is 6.54 Å². The number of anilines is 1. The number of hydrogen-bond donors (Lipinski definition) is 1. The molecule has 164 valence electrons. The SMILES string of the molecule is Cc1nc2ccn(Cc3ccco3)c(=O)c2cc1C(=O)Nc1ccc(OC(F)(F)F)cc1. The van der Waals surface area contributed by atoms with Crippen molar-refractivity contribution in [2.24, 2.45) is 0 Å². The molecular formula is C22H16F3N3O4. The van der Waals surface area contributed by atoms with Crippen LogP contribution in [0.25, 0.3) is 10.9 Å². The zero-order valence-corrected chi connectivity index (χ0v) is 16.6. The average molecular weight is 443 g/mol. The molecule has 0 aliphatic carbocycles. The van der Waals surface area contributed by atoms with E-state index in [0.29, 0.717) is 17.0 Å². The monoisotopic (exact) mass is 443 g/mol. The van der Waals surface area contributed by atoms with E-state index in [9.17, 15) is 22.8 Å². The van der Waals surface area contributed by atoms with Crippen molar-refractivity contribution in [1.29, 1.82) is 0 Å². The van der Waals surface area contributed by atoms with Crippen LogP contribution in [0.1, 0.15) is 21.8 Å². The van der Waals surface area contributed by atoms with Crippen molar-refractivity contribution in [3.8, 4) is 5.75 Å². The summed E-state index contributed by atoms with van der Waals surface area (Å²) in [5, 5.41) is 2.84. The lowest BCUT2D eigenvalue weighted by molar-refractivity contribution is -0.274. The number of halogens is 3. The zero-order valence-electron chi connectivity index (χ0n) is 16.6. The highest BCUT2D eigenvalue weighted by Crippen LogP contribution is 2.24.